The number of hydrogen-bond donors (Lipinski definition) is 1. The molecule has 2 aromatic carbocycles. The summed E-state index contributed by atoms with van der Waals surface area (Å²) in [6.07, 6.45) is 10.2. The first-order valence-corrected chi connectivity index (χ1v) is 11.8. The van der Waals surface area contributed by atoms with Gasteiger partial charge in [0, 0.05) is 0 Å². The first-order chi connectivity index (χ1) is 14.0. The summed E-state index contributed by atoms with van der Waals surface area (Å²) >= 11 is 0. The minimum absolute atomic E-state index is 0.0504. The Morgan fingerprint density at radius 1 is 0.759 bits per heavy atom. The molecule has 0 aliphatic rings. The zero-order valence-electron chi connectivity index (χ0n) is 17.1. The van der Waals surface area contributed by atoms with E-state index < -0.39 is 10.0 Å². The lowest BCUT2D eigenvalue weighted by molar-refractivity contribution is 0.304. The molecule has 0 radical (unpaired) electrons. The van der Waals surface area contributed by atoms with Gasteiger partial charge in [0.05, 0.1) is 22.9 Å². The van der Waals surface area contributed by atoms with E-state index in [9.17, 15) is 8.42 Å². The number of nitrogens with two attached hydrogens (primary N) is 1. The Balaban J connectivity index is 1.70. The topological polar surface area (TPSA) is 94.1 Å². The number of sulfonamides is 1. The van der Waals surface area contributed by atoms with Crippen LogP contribution >= 0.6 is 0 Å². The van der Waals surface area contributed by atoms with Crippen LogP contribution in [0.15, 0.2) is 63.7 Å². The quantitative estimate of drug-likeness (QED) is 0.307. The molecule has 0 saturated carbocycles. The lowest BCUT2D eigenvalue weighted by atomic mass is 10.1. The van der Waals surface area contributed by atoms with Crippen molar-refractivity contribution in [1.29, 1.82) is 0 Å². The van der Waals surface area contributed by atoms with Gasteiger partial charge in [0.15, 0.2) is 0 Å². The highest BCUT2D eigenvalue weighted by Crippen LogP contribution is 2.22. The Hall–Kier alpha value is -2.25. The van der Waals surface area contributed by atoms with E-state index in [0.717, 1.165) is 18.8 Å². The fraction of sp³-hybridized carbons (Fsp3) is 0.455. The summed E-state index contributed by atoms with van der Waals surface area (Å²) in [6.45, 7) is 2.97. The van der Waals surface area contributed by atoms with Crippen molar-refractivity contribution >= 4 is 21.4 Å². The van der Waals surface area contributed by atoms with Gasteiger partial charge < -0.3 is 4.74 Å². The van der Waals surface area contributed by atoms with Crippen LogP contribution in [0.2, 0.25) is 0 Å². The monoisotopic (exact) mass is 417 g/mol. The van der Waals surface area contributed by atoms with Crippen molar-refractivity contribution in [3.8, 4) is 5.75 Å². The predicted octanol–water partition coefficient (Wildman–Crippen LogP) is 6.27. The van der Waals surface area contributed by atoms with Gasteiger partial charge in [-0.15, -0.1) is 0 Å². The number of azo groups is 1. The number of nitrogens with zero attached hydrogens (tertiary/aromatic N) is 2. The van der Waals surface area contributed by atoms with Crippen molar-refractivity contribution in [1.82, 2.24) is 0 Å². The molecule has 7 heteroatoms. The predicted molar refractivity (Wildman–Crippen MR) is 117 cm³/mol. The Kier molecular flexibility index (Phi) is 9.80. The van der Waals surface area contributed by atoms with Crippen LogP contribution in [0.1, 0.15) is 58.3 Å². The van der Waals surface area contributed by atoms with Gasteiger partial charge >= 0.3 is 0 Å². The molecule has 0 saturated heterocycles. The van der Waals surface area contributed by atoms with Gasteiger partial charge in [-0.05, 0) is 55.0 Å². The maximum absolute atomic E-state index is 11.2. The van der Waals surface area contributed by atoms with Crippen LogP contribution < -0.4 is 9.88 Å². The van der Waals surface area contributed by atoms with Gasteiger partial charge in [-0.25, -0.2) is 13.6 Å². The first kappa shape index (κ1) is 23.0. The molecule has 2 aromatic rings. The highest BCUT2D eigenvalue weighted by atomic mass is 32.2. The molecule has 158 valence electrons. The Labute approximate surface area is 174 Å². The largest absolute Gasteiger partial charge is 0.494 e. The van der Waals surface area contributed by atoms with Crippen molar-refractivity contribution in [3.63, 3.8) is 0 Å². The van der Waals surface area contributed by atoms with Crippen molar-refractivity contribution in [2.75, 3.05) is 6.61 Å². The Bertz CT molecular complexity index is 848. The first-order valence-electron chi connectivity index (χ1n) is 10.3. The second-order valence-electron chi connectivity index (χ2n) is 7.06. The molecule has 0 aromatic heterocycles. The lowest BCUT2D eigenvalue weighted by Crippen LogP contribution is -2.11. The molecule has 0 spiro atoms. The Morgan fingerprint density at radius 3 is 1.76 bits per heavy atom. The molecular weight excluding hydrogens is 386 g/mol. The van der Waals surface area contributed by atoms with Gasteiger partial charge in [-0.3, -0.25) is 0 Å². The molecule has 0 atom stereocenters. The van der Waals surface area contributed by atoms with Gasteiger partial charge in [-0.1, -0.05) is 51.9 Å². The second kappa shape index (κ2) is 12.3. The summed E-state index contributed by atoms with van der Waals surface area (Å²) < 4.78 is 28.3. The number of hydrogen-bond acceptors (Lipinski definition) is 5. The molecule has 0 fully saturated rings. The molecule has 0 aliphatic carbocycles. The van der Waals surface area contributed by atoms with E-state index in [0.29, 0.717) is 11.4 Å². The van der Waals surface area contributed by atoms with Crippen LogP contribution in [0.4, 0.5) is 11.4 Å². The summed E-state index contributed by atoms with van der Waals surface area (Å²) in [5, 5.41) is 13.3. The van der Waals surface area contributed by atoms with Crippen LogP contribution in [-0.2, 0) is 10.0 Å². The van der Waals surface area contributed by atoms with E-state index in [-0.39, 0.29) is 4.90 Å². The minimum Gasteiger partial charge on any atom is -0.494 e. The highest BCUT2D eigenvalue weighted by Gasteiger charge is 2.06. The van der Waals surface area contributed by atoms with Crippen molar-refractivity contribution < 1.29 is 13.2 Å². The van der Waals surface area contributed by atoms with Gasteiger partial charge in [0.2, 0.25) is 10.0 Å². The molecule has 2 rings (SSSR count). The normalized spacial score (nSPS) is 11.8. The highest BCUT2D eigenvalue weighted by molar-refractivity contribution is 7.89. The van der Waals surface area contributed by atoms with Crippen LogP contribution in [0.3, 0.4) is 0 Å². The van der Waals surface area contributed by atoms with E-state index >= 15 is 0 Å². The average Bonchev–Trinajstić information content (AvgIpc) is 2.71. The average molecular weight is 418 g/mol. The molecule has 0 aliphatic heterocycles. The third-order valence-corrected chi connectivity index (χ3v) is 5.48. The molecular formula is C22H31N3O3S. The molecule has 6 nitrogen and oxygen atoms in total. The molecule has 0 heterocycles. The molecule has 0 unspecified atom stereocenters. The lowest BCUT2D eigenvalue weighted by Gasteiger charge is -2.06. The van der Waals surface area contributed by atoms with E-state index in [1.807, 2.05) is 24.3 Å². The van der Waals surface area contributed by atoms with Gasteiger partial charge in [0.1, 0.15) is 5.75 Å². The smallest absolute Gasteiger partial charge is 0.238 e. The summed E-state index contributed by atoms with van der Waals surface area (Å²) in [5.74, 6) is 0.824. The number of rotatable bonds is 13. The zero-order chi connectivity index (χ0) is 21.0. The van der Waals surface area contributed by atoms with Crippen molar-refractivity contribution in [2.45, 2.75) is 63.2 Å². The van der Waals surface area contributed by atoms with E-state index in [1.165, 1.54) is 57.1 Å². The van der Waals surface area contributed by atoms with Crippen LogP contribution in [0.5, 0.6) is 5.75 Å². The summed E-state index contributed by atoms with van der Waals surface area (Å²) in [6, 6.07) is 13.4. The maximum atomic E-state index is 11.2. The second-order valence-corrected chi connectivity index (χ2v) is 8.62. The molecule has 0 bridgehead atoms. The van der Waals surface area contributed by atoms with Crippen LogP contribution in [0.25, 0.3) is 0 Å². The Morgan fingerprint density at radius 2 is 1.24 bits per heavy atom. The molecule has 0 amide bonds. The molecule has 29 heavy (non-hydrogen) atoms. The molecule has 2 N–H and O–H groups in total. The van der Waals surface area contributed by atoms with Gasteiger partial charge in [-0.2, -0.15) is 10.2 Å². The third-order valence-electron chi connectivity index (χ3n) is 4.55. The minimum atomic E-state index is -3.70. The number of benzene rings is 2. The number of primary sulfonamides is 1. The van der Waals surface area contributed by atoms with Crippen molar-refractivity contribution in [3.05, 3.63) is 48.5 Å². The van der Waals surface area contributed by atoms with Crippen molar-refractivity contribution in [2.24, 2.45) is 15.4 Å². The van der Waals surface area contributed by atoms with Crippen LogP contribution in [0, 0.1) is 0 Å². The fourth-order valence-corrected chi connectivity index (χ4v) is 3.37. The third kappa shape index (κ3) is 9.19. The summed E-state index contributed by atoms with van der Waals surface area (Å²) in [7, 11) is -3.70. The maximum Gasteiger partial charge on any atom is 0.238 e. The standard InChI is InChI=1S/C22H31N3O3S/c1-2-3-4-5-6-7-8-9-18-28-21-14-10-19(11-15-21)24-25-20-12-16-22(17-13-20)29(23,26)27/h10-17H,2-9,18H2,1H3,(H2,23,26,27). The zero-order valence-corrected chi connectivity index (χ0v) is 17.9. The SMILES string of the molecule is CCCCCCCCCCOc1ccc(N=Nc2ccc(S(N)(=O)=O)cc2)cc1. The number of ether oxygens (including phenoxy) is 1. The fourth-order valence-electron chi connectivity index (χ4n) is 2.85. The van der Waals surface area contributed by atoms with E-state index in [1.54, 1.807) is 12.1 Å². The van der Waals surface area contributed by atoms with E-state index in [4.69, 9.17) is 9.88 Å². The summed E-state index contributed by atoms with van der Waals surface area (Å²) in [4.78, 5) is 0.0504. The van der Waals surface area contributed by atoms with Crippen LogP contribution in [-0.4, -0.2) is 15.0 Å². The summed E-state index contributed by atoms with van der Waals surface area (Å²) in [5.41, 5.74) is 1.24. The number of unbranched alkanes of at least 4 members (excludes halogenated alkanes) is 7. The van der Waals surface area contributed by atoms with Gasteiger partial charge in [0.25, 0.3) is 0 Å². The van der Waals surface area contributed by atoms with E-state index in [2.05, 4.69) is 17.2 Å².